The molecule has 6 heteroatoms. The Kier molecular flexibility index (Phi) is 11.0. The van der Waals surface area contributed by atoms with Gasteiger partial charge in [0.15, 0.2) is 6.10 Å². The van der Waals surface area contributed by atoms with E-state index in [4.69, 9.17) is 18.9 Å². The van der Waals surface area contributed by atoms with Crippen LogP contribution >= 0.6 is 0 Å². The van der Waals surface area contributed by atoms with Crippen LogP contribution in [0.4, 0.5) is 0 Å². The molecule has 0 spiro atoms. The molecule has 1 N–H and O–H groups in total. The smallest absolute Gasteiger partial charge is 0.333 e. The predicted molar refractivity (Wildman–Crippen MR) is 160 cm³/mol. The minimum absolute atomic E-state index is 0.305. The molecule has 0 saturated heterocycles. The lowest BCUT2D eigenvalue weighted by molar-refractivity contribution is -0.149. The lowest BCUT2D eigenvalue weighted by Crippen LogP contribution is -2.26. The summed E-state index contributed by atoms with van der Waals surface area (Å²) in [6.45, 7) is 5.46. The summed E-state index contributed by atoms with van der Waals surface area (Å²) in [5.74, 6) is 1.19. The number of rotatable bonds is 15. The highest BCUT2D eigenvalue weighted by molar-refractivity contribution is 5.72. The third kappa shape index (κ3) is 9.55. The van der Waals surface area contributed by atoms with Crippen LogP contribution in [-0.2, 0) is 29.2 Å². The monoisotopic (exact) mass is 552 g/mol. The first kappa shape index (κ1) is 29.4. The van der Waals surface area contributed by atoms with E-state index in [1.54, 1.807) is 6.92 Å². The topological polar surface area (TPSA) is 74.2 Å². The SMILES string of the molecule is CCOC(Cc1ccc(OCC=C(C)c2cc(OCc3ccccc3)cc(OCc3ccccc3)c2)cc1)C(=O)O. The van der Waals surface area contributed by atoms with Gasteiger partial charge in [0.25, 0.3) is 0 Å². The molecule has 0 aliphatic carbocycles. The van der Waals surface area contributed by atoms with E-state index in [1.165, 1.54) is 0 Å². The average molecular weight is 553 g/mol. The number of hydrogen-bond acceptors (Lipinski definition) is 5. The second-order valence-corrected chi connectivity index (χ2v) is 9.57. The maximum atomic E-state index is 11.4. The molecule has 0 amide bonds. The lowest BCUT2D eigenvalue weighted by atomic mass is 10.1. The Morgan fingerprint density at radius 2 is 1.29 bits per heavy atom. The van der Waals surface area contributed by atoms with Crippen molar-refractivity contribution in [2.24, 2.45) is 0 Å². The summed E-state index contributed by atoms with van der Waals surface area (Å²) in [5.41, 5.74) is 5.06. The molecule has 0 saturated carbocycles. The molecule has 4 aromatic rings. The molecular weight excluding hydrogens is 516 g/mol. The fourth-order valence-corrected chi connectivity index (χ4v) is 4.18. The Hall–Kier alpha value is -4.55. The number of allylic oxidation sites excluding steroid dienone is 1. The quantitative estimate of drug-likeness (QED) is 0.166. The van der Waals surface area contributed by atoms with Crippen molar-refractivity contribution in [2.45, 2.75) is 39.6 Å². The molecule has 1 unspecified atom stereocenters. The fraction of sp³-hybridized carbons (Fsp3) is 0.229. The van der Waals surface area contributed by atoms with Gasteiger partial charge >= 0.3 is 5.97 Å². The summed E-state index contributed by atoms with van der Waals surface area (Å²) in [7, 11) is 0. The third-order valence-corrected chi connectivity index (χ3v) is 6.46. The van der Waals surface area contributed by atoms with Gasteiger partial charge in [-0.05, 0) is 72.0 Å². The van der Waals surface area contributed by atoms with Crippen molar-refractivity contribution in [1.82, 2.24) is 0 Å². The molecule has 212 valence electrons. The Labute approximate surface area is 241 Å². The Morgan fingerprint density at radius 3 is 1.80 bits per heavy atom. The van der Waals surface area contributed by atoms with Gasteiger partial charge in [-0.1, -0.05) is 72.8 Å². The summed E-state index contributed by atoms with van der Waals surface area (Å²) in [6, 6.07) is 33.5. The van der Waals surface area contributed by atoms with Gasteiger partial charge in [0.05, 0.1) is 0 Å². The maximum absolute atomic E-state index is 11.4. The van der Waals surface area contributed by atoms with E-state index < -0.39 is 12.1 Å². The van der Waals surface area contributed by atoms with Gasteiger partial charge in [-0.2, -0.15) is 0 Å². The van der Waals surface area contributed by atoms with Crippen LogP contribution in [-0.4, -0.2) is 30.4 Å². The maximum Gasteiger partial charge on any atom is 0.333 e. The molecule has 6 nitrogen and oxygen atoms in total. The zero-order valence-electron chi connectivity index (χ0n) is 23.5. The van der Waals surface area contributed by atoms with Crippen LogP contribution in [0, 0.1) is 0 Å². The molecule has 4 aromatic carbocycles. The van der Waals surface area contributed by atoms with Crippen molar-refractivity contribution in [1.29, 1.82) is 0 Å². The summed E-state index contributed by atoms with van der Waals surface area (Å²) in [5, 5.41) is 9.31. The first-order valence-corrected chi connectivity index (χ1v) is 13.7. The van der Waals surface area contributed by atoms with E-state index >= 15 is 0 Å². The molecule has 1 atom stereocenters. The van der Waals surface area contributed by atoms with Crippen LogP contribution in [0.1, 0.15) is 36.1 Å². The Morgan fingerprint density at radius 1 is 0.732 bits per heavy atom. The molecular formula is C35H36O6. The van der Waals surface area contributed by atoms with Gasteiger partial charge in [-0.25, -0.2) is 4.79 Å². The molecule has 0 fully saturated rings. The fourth-order valence-electron chi connectivity index (χ4n) is 4.18. The van der Waals surface area contributed by atoms with Gasteiger partial charge in [-0.3, -0.25) is 0 Å². The van der Waals surface area contributed by atoms with Crippen molar-refractivity contribution in [3.63, 3.8) is 0 Å². The van der Waals surface area contributed by atoms with Crippen molar-refractivity contribution in [3.05, 3.63) is 131 Å². The summed E-state index contributed by atoms with van der Waals surface area (Å²) < 4.78 is 23.5. The van der Waals surface area contributed by atoms with Crippen LogP contribution in [0.15, 0.2) is 109 Å². The highest BCUT2D eigenvalue weighted by atomic mass is 16.5. The normalized spacial score (nSPS) is 12.0. The molecule has 41 heavy (non-hydrogen) atoms. The van der Waals surface area contributed by atoms with Gasteiger partial charge in [0.1, 0.15) is 37.1 Å². The molecule has 0 aliphatic rings. The van der Waals surface area contributed by atoms with Gasteiger partial charge < -0.3 is 24.1 Å². The zero-order valence-corrected chi connectivity index (χ0v) is 23.5. The Bertz CT molecular complexity index is 1340. The van der Waals surface area contributed by atoms with E-state index in [0.717, 1.165) is 39.3 Å². The molecule has 0 heterocycles. The molecule has 0 aliphatic heterocycles. The zero-order chi connectivity index (χ0) is 28.9. The van der Waals surface area contributed by atoms with Crippen molar-refractivity contribution >= 4 is 11.5 Å². The van der Waals surface area contributed by atoms with Crippen molar-refractivity contribution < 1.29 is 28.8 Å². The number of hydrogen-bond donors (Lipinski definition) is 1. The number of carbonyl (C=O) groups is 1. The number of ether oxygens (including phenoxy) is 4. The van der Waals surface area contributed by atoms with Gasteiger partial charge in [0, 0.05) is 19.1 Å². The molecule has 0 radical (unpaired) electrons. The van der Waals surface area contributed by atoms with E-state index in [2.05, 4.69) is 0 Å². The minimum Gasteiger partial charge on any atom is -0.490 e. The number of benzene rings is 4. The number of carboxylic acid groups (broad SMARTS) is 1. The lowest BCUT2D eigenvalue weighted by Gasteiger charge is -2.14. The predicted octanol–water partition coefficient (Wildman–Crippen LogP) is 7.36. The summed E-state index contributed by atoms with van der Waals surface area (Å²) in [6.07, 6.45) is 1.46. The van der Waals surface area contributed by atoms with Gasteiger partial charge in [-0.15, -0.1) is 0 Å². The first-order chi connectivity index (χ1) is 20.0. The highest BCUT2D eigenvalue weighted by Crippen LogP contribution is 2.29. The largest absolute Gasteiger partial charge is 0.490 e. The van der Waals surface area contributed by atoms with Crippen molar-refractivity contribution in [2.75, 3.05) is 13.2 Å². The molecule has 0 bridgehead atoms. The average Bonchev–Trinajstić information content (AvgIpc) is 3.00. The Balaban J connectivity index is 1.41. The standard InChI is InChI=1S/C35H36O6/c1-3-38-34(35(36)37)20-27-14-16-31(17-15-27)39-19-18-26(2)30-21-32(40-24-28-10-6-4-7-11-28)23-33(22-30)41-25-29-12-8-5-9-13-29/h4-18,21-23,34H,3,19-20,24-25H2,1-2H3,(H,36,37). The molecule has 0 aromatic heterocycles. The number of carboxylic acids is 1. The third-order valence-electron chi connectivity index (χ3n) is 6.46. The van der Waals surface area contributed by atoms with E-state index in [-0.39, 0.29) is 0 Å². The second-order valence-electron chi connectivity index (χ2n) is 9.57. The van der Waals surface area contributed by atoms with Gasteiger partial charge in [0.2, 0.25) is 0 Å². The molecule has 4 rings (SSSR count). The van der Waals surface area contributed by atoms with Crippen LogP contribution in [0.5, 0.6) is 17.2 Å². The van der Waals surface area contributed by atoms with E-state index in [9.17, 15) is 9.90 Å². The second kappa shape index (κ2) is 15.3. The van der Waals surface area contributed by atoms with Crippen molar-refractivity contribution in [3.8, 4) is 17.2 Å². The summed E-state index contributed by atoms with van der Waals surface area (Å²) in [4.78, 5) is 11.4. The number of aliphatic carboxylic acids is 1. The first-order valence-electron chi connectivity index (χ1n) is 13.7. The van der Waals surface area contributed by atoms with Crippen LogP contribution in [0.3, 0.4) is 0 Å². The van der Waals surface area contributed by atoms with Crippen LogP contribution < -0.4 is 14.2 Å². The summed E-state index contributed by atoms with van der Waals surface area (Å²) >= 11 is 0. The highest BCUT2D eigenvalue weighted by Gasteiger charge is 2.17. The van der Waals surface area contributed by atoms with E-state index in [1.807, 2.05) is 116 Å². The van der Waals surface area contributed by atoms with E-state index in [0.29, 0.717) is 38.6 Å². The minimum atomic E-state index is -0.962. The van der Waals surface area contributed by atoms with Crippen LogP contribution in [0.2, 0.25) is 0 Å². The van der Waals surface area contributed by atoms with Crippen LogP contribution in [0.25, 0.3) is 5.57 Å².